The molecule has 0 aromatic rings. The van der Waals surface area contributed by atoms with Crippen molar-refractivity contribution in [2.24, 2.45) is 0 Å². The highest BCUT2D eigenvalue weighted by atomic mass is 32.2. The molecule has 0 aromatic heterocycles. The fourth-order valence-corrected chi connectivity index (χ4v) is 1.69. The van der Waals surface area contributed by atoms with Crippen molar-refractivity contribution >= 4 is 16.7 Å². The van der Waals surface area contributed by atoms with Crippen molar-refractivity contribution in [1.82, 2.24) is 5.32 Å². The van der Waals surface area contributed by atoms with Crippen LogP contribution in [0.5, 0.6) is 0 Å². The Labute approximate surface area is 87.5 Å². The maximum absolute atomic E-state index is 11.2. The number of amides is 1. The first-order valence-corrected chi connectivity index (χ1v) is 6.49. The van der Waals surface area contributed by atoms with Crippen LogP contribution in [-0.4, -0.2) is 39.9 Å². The van der Waals surface area contributed by atoms with Gasteiger partial charge in [0.2, 0.25) is 5.91 Å². The summed E-state index contributed by atoms with van der Waals surface area (Å²) in [7, 11) is -0.798. The number of aliphatic hydroxyl groups is 1. The van der Waals surface area contributed by atoms with Crippen LogP contribution in [0.15, 0.2) is 0 Å². The lowest BCUT2D eigenvalue weighted by molar-refractivity contribution is -0.121. The molecule has 4 nitrogen and oxygen atoms in total. The van der Waals surface area contributed by atoms with Gasteiger partial charge in [0.25, 0.3) is 0 Å². The summed E-state index contributed by atoms with van der Waals surface area (Å²) >= 11 is 0. The van der Waals surface area contributed by atoms with Crippen molar-refractivity contribution in [3.05, 3.63) is 0 Å². The zero-order chi connectivity index (χ0) is 11.0. The van der Waals surface area contributed by atoms with Crippen LogP contribution in [0.4, 0.5) is 0 Å². The third-order valence-corrected chi connectivity index (χ3v) is 2.62. The Kier molecular flexibility index (Phi) is 7.70. The molecule has 0 rings (SSSR count). The van der Waals surface area contributed by atoms with E-state index in [2.05, 4.69) is 5.32 Å². The van der Waals surface area contributed by atoms with Gasteiger partial charge in [-0.05, 0) is 19.8 Å². The first-order chi connectivity index (χ1) is 6.56. The van der Waals surface area contributed by atoms with Crippen LogP contribution in [-0.2, 0) is 15.6 Å². The van der Waals surface area contributed by atoms with Gasteiger partial charge in [0.15, 0.2) is 0 Å². The van der Waals surface area contributed by atoms with Crippen molar-refractivity contribution < 1.29 is 14.1 Å². The molecule has 0 saturated heterocycles. The molecule has 2 atom stereocenters. The van der Waals surface area contributed by atoms with E-state index in [1.54, 1.807) is 6.26 Å². The average Bonchev–Trinajstić information content (AvgIpc) is 2.11. The number of carbonyl (C=O) groups is 1. The van der Waals surface area contributed by atoms with E-state index in [-0.39, 0.29) is 18.6 Å². The maximum atomic E-state index is 11.2. The zero-order valence-corrected chi connectivity index (χ0v) is 9.60. The van der Waals surface area contributed by atoms with E-state index in [0.717, 1.165) is 6.42 Å². The molecule has 14 heavy (non-hydrogen) atoms. The normalized spacial score (nSPS) is 14.8. The highest BCUT2D eigenvalue weighted by Crippen LogP contribution is 1.95. The molecule has 0 aliphatic rings. The number of rotatable bonds is 7. The Morgan fingerprint density at radius 1 is 1.57 bits per heavy atom. The van der Waals surface area contributed by atoms with Gasteiger partial charge in [-0.2, -0.15) is 0 Å². The van der Waals surface area contributed by atoms with Gasteiger partial charge in [-0.25, -0.2) is 0 Å². The molecule has 1 amide bonds. The van der Waals surface area contributed by atoms with Crippen LogP contribution in [0.2, 0.25) is 0 Å². The lowest BCUT2D eigenvalue weighted by Crippen LogP contribution is -2.33. The molecule has 0 fully saturated rings. The summed E-state index contributed by atoms with van der Waals surface area (Å²) in [5.74, 6) is 0.565. The summed E-state index contributed by atoms with van der Waals surface area (Å²) in [6.07, 6.45) is 3.24. The molecular weight excluding hydrogens is 202 g/mol. The summed E-state index contributed by atoms with van der Waals surface area (Å²) in [6.45, 7) is 1.94. The molecule has 0 aliphatic heterocycles. The van der Waals surface area contributed by atoms with Crippen molar-refractivity contribution in [3.8, 4) is 0 Å². The Morgan fingerprint density at radius 3 is 2.71 bits per heavy atom. The van der Waals surface area contributed by atoms with Gasteiger partial charge >= 0.3 is 0 Å². The predicted molar refractivity (Wildman–Crippen MR) is 57.5 cm³/mol. The topological polar surface area (TPSA) is 66.4 Å². The quantitative estimate of drug-likeness (QED) is 0.637. The van der Waals surface area contributed by atoms with Crippen LogP contribution in [0.1, 0.15) is 26.2 Å². The van der Waals surface area contributed by atoms with Gasteiger partial charge in [0, 0.05) is 41.9 Å². The van der Waals surface area contributed by atoms with Gasteiger partial charge in [-0.3, -0.25) is 9.00 Å². The molecule has 84 valence electrons. The van der Waals surface area contributed by atoms with Crippen LogP contribution in [0.25, 0.3) is 0 Å². The third kappa shape index (κ3) is 8.19. The number of hydrogen-bond acceptors (Lipinski definition) is 3. The van der Waals surface area contributed by atoms with Crippen molar-refractivity contribution in [3.63, 3.8) is 0 Å². The SMILES string of the molecule is CC(CCS(C)=O)NC(=O)CCCO. The summed E-state index contributed by atoms with van der Waals surface area (Å²) in [4.78, 5) is 11.2. The Morgan fingerprint density at radius 2 is 2.21 bits per heavy atom. The van der Waals surface area contributed by atoms with E-state index in [0.29, 0.717) is 18.6 Å². The fourth-order valence-electron chi connectivity index (χ4n) is 1.00. The van der Waals surface area contributed by atoms with Crippen LogP contribution in [0.3, 0.4) is 0 Å². The second-order valence-electron chi connectivity index (χ2n) is 3.36. The van der Waals surface area contributed by atoms with Crippen molar-refractivity contribution in [2.75, 3.05) is 18.6 Å². The Bertz CT molecular complexity index is 196. The van der Waals surface area contributed by atoms with Crippen molar-refractivity contribution in [1.29, 1.82) is 0 Å². The van der Waals surface area contributed by atoms with E-state index in [4.69, 9.17) is 5.11 Å². The molecule has 0 bridgehead atoms. The molecule has 0 aromatic carbocycles. The van der Waals surface area contributed by atoms with E-state index in [9.17, 15) is 9.00 Å². The number of nitrogens with one attached hydrogen (secondary N) is 1. The maximum Gasteiger partial charge on any atom is 0.220 e. The lowest BCUT2D eigenvalue weighted by atomic mass is 10.2. The predicted octanol–water partition coefficient (Wildman–Crippen LogP) is 0.0322. The van der Waals surface area contributed by atoms with E-state index >= 15 is 0 Å². The van der Waals surface area contributed by atoms with Crippen LogP contribution in [0, 0.1) is 0 Å². The molecule has 0 radical (unpaired) electrons. The standard InChI is InChI=1S/C9H19NO3S/c1-8(5-7-14(2)13)10-9(12)4-3-6-11/h8,11H,3-7H2,1-2H3,(H,10,12). The molecular formula is C9H19NO3S. The Balaban J connectivity index is 3.55. The summed E-state index contributed by atoms with van der Waals surface area (Å²) < 4.78 is 10.8. The van der Waals surface area contributed by atoms with Gasteiger partial charge in [-0.15, -0.1) is 0 Å². The zero-order valence-electron chi connectivity index (χ0n) is 8.78. The molecule has 2 unspecified atom stereocenters. The monoisotopic (exact) mass is 221 g/mol. The minimum absolute atomic E-state index is 0.0424. The molecule has 0 spiro atoms. The van der Waals surface area contributed by atoms with Crippen LogP contribution < -0.4 is 5.32 Å². The number of hydrogen-bond donors (Lipinski definition) is 2. The van der Waals surface area contributed by atoms with Crippen molar-refractivity contribution in [2.45, 2.75) is 32.2 Å². The second kappa shape index (κ2) is 7.94. The largest absolute Gasteiger partial charge is 0.396 e. The summed E-state index contributed by atoms with van der Waals surface area (Å²) in [5, 5.41) is 11.3. The summed E-state index contributed by atoms with van der Waals surface area (Å²) in [5.41, 5.74) is 0. The molecule has 2 N–H and O–H groups in total. The van der Waals surface area contributed by atoms with E-state index < -0.39 is 10.8 Å². The molecule has 0 aliphatic carbocycles. The lowest BCUT2D eigenvalue weighted by Gasteiger charge is -2.12. The van der Waals surface area contributed by atoms with Gasteiger partial charge in [0.05, 0.1) is 0 Å². The van der Waals surface area contributed by atoms with Crippen LogP contribution >= 0.6 is 0 Å². The Hall–Kier alpha value is -0.420. The smallest absolute Gasteiger partial charge is 0.220 e. The second-order valence-corrected chi connectivity index (χ2v) is 4.92. The third-order valence-electron chi connectivity index (χ3n) is 1.81. The molecule has 0 saturated carbocycles. The summed E-state index contributed by atoms with van der Waals surface area (Å²) in [6, 6.07) is 0.0603. The fraction of sp³-hybridized carbons (Fsp3) is 0.889. The molecule has 0 heterocycles. The van der Waals surface area contributed by atoms with E-state index in [1.165, 1.54) is 0 Å². The highest BCUT2D eigenvalue weighted by molar-refractivity contribution is 7.84. The first kappa shape index (κ1) is 13.6. The van der Waals surface area contributed by atoms with Gasteiger partial charge in [-0.1, -0.05) is 0 Å². The highest BCUT2D eigenvalue weighted by Gasteiger charge is 2.07. The minimum atomic E-state index is -0.798. The number of carbonyl (C=O) groups excluding carboxylic acids is 1. The van der Waals surface area contributed by atoms with Gasteiger partial charge < -0.3 is 10.4 Å². The van der Waals surface area contributed by atoms with Gasteiger partial charge in [0.1, 0.15) is 0 Å². The first-order valence-electron chi connectivity index (χ1n) is 4.76. The number of aliphatic hydroxyl groups excluding tert-OH is 1. The molecule has 5 heteroatoms. The minimum Gasteiger partial charge on any atom is -0.396 e. The van der Waals surface area contributed by atoms with E-state index in [1.807, 2.05) is 6.92 Å². The average molecular weight is 221 g/mol.